The molecule has 1 atom stereocenters. The van der Waals surface area contributed by atoms with Gasteiger partial charge in [0.1, 0.15) is 12.2 Å². The highest BCUT2D eigenvalue weighted by molar-refractivity contribution is 4.93. The van der Waals surface area contributed by atoms with Crippen LogP contribution in [0.25, 0.3) is 0 Å². The summed E-state index contributed by atoms with van der Waals surface area (Å²) in [5, 5.41) is 13.3. The monoisotopic (exact) mass is 262 g/mol. The van der Waals surface area contributed by atoms with E-state index in [-0.39, 0.29) is 6.04 Å². The van der Waals surface area contributed by atoms with E-state index in [0.717, 1.165) is 51.5 Å². The van der Waals surface area contributed by atoms with Crippen LogP contribution in [-0.2, 0) is 13.1 Å². The zero-order valence-corrected chi connectivity index (χ0v) is 11.8. The molecule has 1 fully saturated rings. The Balaban J connectivity index is 1.85. The first-order valence-electron chi connectivity index (χ1n) is 7.01. The van der Waals surface area contributed by atoms with E-state index in [4.69, 9.17) is 5.26 Å². The lowest BCUT2D eigenvalue weighted by molar-refractivity contribution is 0.105. The first-order chi connectivity index (χ1) is 9.28. The number of aromatic nitrogens is 3. The van der Waals surface area contributed by atoms with Crippen molar-refractivity contribution in [1.29, 1.82) is 5.26 Å². The van der Waals surface area contributed by atoms with Gasteiger partial charge in [-0.3, -0.25) is 9.80 Å². The van der Waals surface area contributed by atoms with Crippen LogP contribution >= 0.6 is 0 Å². The highest BCUT2D eigenvalue weighted by atomic mass is 15.4. The Morgan fingerprint density at radius 1 is 1.32 bits per heavy atom. The summed E-state index contributed by atoms with van der Waals surface area (Å²) in [7, 11) is 0. The van der Waals surface area contributed by atoms with E-state index < -0.39 is 0 Å². The van der Waals surface area contributed by atoms with Gasteiger partial charge in [0.15, 0.2) is 0 Å². The fourth-order valence-electron chi connectivity index (χ4n) is 2.54. The van der Waals surface area contributed by atoms with Gasteiger partial charge in [-0.2, -0.15) is 10.4 Å². The van der Waals surface area contributed by atoms with E-state index in [0.29, 0.717) is 0 Å². The molecule has 0 radical (unpaired) electrons. The number of nitriles is 1. The van der Waals surface area contributed by atoms with Crippen LogP contribution in [-0.4, -0.2) is 56.8 Å². The lowest BCUT2D eigenvalue weighted by Gasteiger charge is -2.36. The number of hydrogen-bond acceptors (Lipinski definition) is 5. The molecule has 2 rings (SSSR count). The third kappa shape index (κ3) is 3.31. The Kier molecular flexibility index (Phi) is 4.88. The van der Waals surface area contributed by atoms with Gasteiger partial charge in [-0.25, -0.2) is 9.67 Å². The van der Waals surface area contributed by atoms with Gasteiger partial charge in [0, 0.05) is 32.7 Å². The molecule has 104 valence electrons. The second-order valence-electron chi connectivity index (χ2n) is 4.86. The van der Waals surface area contributed by atoms with Crippen molar-refractivity contribution in [3.63, 3.8) is 0 Å². The van der Waals surface area contributed by atoms with E-state index in [1.54, 1.807) is 6.33 Å². The average Bonchev–Trinajstić information content (AvgIpc) is 2.89. The summed E-state index contributed by atoms with van der Waals surface area (Å²) in [6, 6.07) is 2.45. The van der Waals surface area contributed by atoms with Crippen molar-refractivity contribution in [2.45, 2.75) is 39.4 Å². The molecule has 6 nitrogen and oxygen atoms in total. The van der Waals surface area contributed by atoms with Gasteiger partial charge < -0.3 is 0 Å². The van der Waals surface area contributed by atoms with E-state index in [9.17, 15) is 0 Å². The molecule has 6 heteroatoms. The van der Waals surface area contributed by atoms with Crippen molar-refractivity contribution >= 4 is 0 Å². The second kappa shape index (κ2) is 6.64. The van der Waals surface area contributed by atoms with E-state index in [2.05, 4.69) is 39.8 Å². The lowest BCUT2D eigenvalue weighted by Crippen LogP contribution is -2.49. The fourth-order valence-corrected chi connectivity index (χ4v) is 2.54. The third-order valence-electron chi connectivity index (χ3n) is 3.74. The molecule has 0 amide bonds. The molecule has 19 heavy (non-hydrogen) atoms. The summed E-state index contributed by atoms with van der Waals surface area (Å²) in [6.45, 7) is 9.79. The molecule has 1 aliphatic heterocycles. The van der Waals surface area contributed by atoms with Crippen LogP contribution in [0, 0.1) is 11.3 Å². The maximum atomic E-state index is 9.09. The summed E-state index contributed by atoms with van der Waals surface area (Å²) in [4.78, 5) is 8.98. The van der Waals surface area contributed by atoms with Crippen LogP contribution in [0.5, 0.6) is 0 Å². The lowest BCUT2D eigenvalue weighted by atomic mass is 10.2. The SMILES string of the molecule is CCC(C#N)N1CCN(Cc2ncnn2CC)CC1. The Hall–Kier alpha value is -1.45. The molecule has 0 N–H and O–H groups in total. The summed E-state index contributed by atoms with van der Waals surface area (Å²) >= 11 is 0. The van der Waals surface area contributed by atoms with Crippen LogP contribution in [0.2, 0.25) is 0 Å². The van der Waals surface area contributed by atoms with Gasteiger partial charge in [0.25, 0.3) is 0 Å². The Morgan fingerprint density at radius 2 is 2.05 bits per heavy atom. The molecule has 1 aliphatic rings. The molecule has 0 saturated carbocycles. The van der Waals surface area contributed by atoms with Crippen molar-refractivity contribution in [3.05, 3.63) is 12.2 Å². The van der Waals surface area contributed by atoms with Crippen LogP contribution in [0.4, 0.5) is 0 Å². The Morgan fingerprint density at radius 3 is 2.63 bits per heavy atom. The van der Waals surface area contributed by atoms with Crippen LogP contribution in [0.15, 0.2) is 6.33 Å². The van der Waals surface area contributed by atoms with Crippen molar-refractivity contribution in [1.82, 2.24) is 24.6 Å². The van der Waals surface area contributed by atoms with Gasteiger partial charge in [-0.15, -0.1) is 0 Å². The molecular weight excluding hydrogens is 240 g/mol. The average molecular weight is 262 g/mol. The quantitative estimate of drug-likeness (QED) is 0.782. The molecule has 1 unspecified atom stereocenters. The maximum absolute atomic E-state index is 9.09. The first-order valence-corrected chi connectivity index (χ1v) is 7.01. The molecule has 1 aromatic rings. The number of piperazine rings is 1. The van der Waals surface area contributed by atoms with Gasteiger partial charge in [-0.1, -0.05) is 6.92 Å². The number of aryl methyl sites for hydroxylation is 1. The summed E-state index contributed by atoms with van der Waals surface area (Å²) in [6.07, 6.45) is 2.53. The zero-order valence-electron chi connectivity index (χ0n) is 11.8. The van der Waals surface area contributed by atoms with Crippen LogP contribution in [0.1, 0.15) is 26.1 Å². The van der Waals surface area contributed by atoms with Crippen molar-refractivity contribution in [3.8, 4) is 6.07 Å². The molecule has 2 heterocycles. The standard InChI is InChI=1S/C13H22N6/c1-3-12(9-14)18-7-5-17(6-8-18)10-13-15-11-16-19(13)4-2/h11-12H,3-8,10H2,1-2H3. The van der Waals surface area contributed by atoms with Gasteiger partial charge in [-0.05, 0) is 13.3 Å². The Labute approximate surface area is 114 Å². The zero-order chi connectivity index (χ0) is 13.7. The third-order valence-corrected chi connectivity index (χ3v) is 3.74. The second-order valence-corrected chi connectivity index (χ2v) is 4.86. The van der Waals surface area contributed by atoms with Gasteiger partial charge in [0.2, 0.25) is 0 Å². The smallest absolute Gasteiger partial charge is 0.140 e. The maximum Gasteiger partial charge on any atom is 0.140 e. The van der Waals surface area contributed by atoms with Gasteiger partial charge in [0.05, 0.1) is 18.7 Å². The predicted molar refractivity (Wildman–Crippen MR) is 72.2 cm³/mol. The molecule has 0 aliphatic carbocycles. The van der Waals surface area contributed by atoms with Gasteiger partial charge >= 0.3 is 0 Å². The van der Waals surface area contributed by atoms with Crippen molar-refractivity contribution < 1.29 is 0 Å². The molecular formula is C13H22N6. The molecule has 1 aromatic heterocycles. The first kappa shape index (κ1) is 14.0. The number of nitrogens with zero attached hydrogens (tertiary/aromatic N) is 6. The minimum atomic E-state index is 0.0708. The van der Waals surface area contributed by atoms with E-state index in [1.165, 1.54) is 0 Å². The molecule has 0 aromatic carbocycles. The predicted octanol–water partition coefficient (Wildman–Crippen LogP) is 0.718. The molecule has 0 spiro atoms. The summed E-state index contributed by atoms with van der Waals surface area (Å²) in [5.41, 5.74) is 0. The number of hydrogen-bond donors (Lipinski definition) is 0. The topological polar surface area (TPSA) is 61.0 Å². The minimum absolute atomic E-state index is 0.0708. The van der Waals surface area contributed by atoms with E-state index >= 15 is 0 Å². The normalized spacial score (nSPS) is 19.2. The molecule has 1 saturated heterocycles. The van der Waals surface area contributed by atoms with Crippen LogP contribution in [0.3, 0.4) is 0 Å². The highest BCUT2D eigenvalue weighted by Gasteiger charge is 2.23. The van der Waals surface area contributed by atoms with Crippen LogP contribution < -0.4 is 0 Å². The van der Waals surface area contributed by atoms with Crippen molar-refractivity contribution in [2.75, 3.05) is 26.2 Å². The number of rotatable bonds is 5. The minimum Gasteiger partial charge on any atom is -0.293 e. The largest absolute Gasteiger partial charge is 0.293 e. The van der Waals surface area contributed by atoms with E-state index in [1.807, 2.05) is 4.68 Å². The fraction of sp³-hybridized carbons (Fsp3) is 0.769. The Bertz CT molecular complexity index is 427. The highest BCUT2D eigenvalue weighted by Crippen LogP contribution is 2.10. The summed E-state index contributed by atoms with van der Waals surface area (Å²) in [5.74, 6) is 1.03. The summed E-state index contributed by atoms with van der Waals surface area (Å²) < 4.78 is 1.94. The van der Waals surface area contributed by atoms with Crippen molar-refractivity contribution in [2.24, 2.45) is 0 Å². The molecule has 0 bridgehead atoms.